The lowest BCUT2D eigenvalue weighted by atomic mass is 10.0. The second kappa shape index (κ2) is 6.35. The molecule has 4 nitrogen and oxygen atoms in total. The SMILES string of the molecule is COC(=O)CCCC[C@@H]1SC[C@@H]([NH3+])[C@H]1[NH3+]. The molecule has 0 unspecified atom stereocenters. The summed E-state index contributed by atoms with van der Waals surface area (Å²) < 4.78 is 4.59. The van der Waals surface area contributed by atoms with E-state index in [1.807, 2.05) is 11.8 Å². The van der Waals surface area contributed by atoms with E-state index in [0.717, 1.165) is 25.0 Å². The topological polar surface area (TPSA) is 81.6 Å². The van der Waals surface area contributed by atoms with E-state index in [-0.39, 0.29) is 5.97 Å². The van der Waals surface area contributed by atoms with Crippen LogP contribution >= 0.6 is 11.8 Å². The first kappa shape index (κ1) is 12.8. The normalized spacial score (nSPS) is 30.5. The van der Waals surface area contributed by atoms with Crippen molar-refractivity contribution in [3.8, 4) is 0 Å². The highest BCUT2D eigenvalue weighted by Crippen LogP contribution is 2.27. The Bertz CT molecular complexity index is 214. The molecule has 5 heteroatoms. The van der Waals surface area contributed by atoms with Crippen molar-refractivity contribution < 1.29 is 21.0 Å². The maximum absolute atomic E-state index is 10.9. The summed E-state index contributed by atoms with van der Waals surface area (Å²) in [6.45, 7) is 0. The molecule has 1 aliphatic rings. The Morgan fingerprint density at radius 3 is 2.73 bits per heavy atom. The van der Waals surface area contributed by atoms with Crippen molar-refractivity contribution in [2.24, 2.45) is 0 Å². The highest BCUT2D eigenvalue weighted by Gasteiger charge is 2.36. The number of ether oxygens (including phenoxy) is 1. The highest BCUT2D eigenvalue weighted by molar-refractivity contribution is 8.00. The number of esters is 1. The van der Waals surface area contributed by atoms with Gasteiger partial charge in [-0.15, -0.1) is 11.8 Å². The molecule has 1 rings (SSSR count). The molecule has 1 fully saturated rings. The van der Waals surface area contributed by atoms with E-state index in [9.17, 15) is 4.79 Å². The fourth-order valence-electron chi connectivity index (χ4n) is 1.81. The third-order valence-electron chi connectivity index (χ3n) is 2.95. The van der Waals surface area contributed by atoms with Crippen LogP contribution in [0.3, 0.4) is 0 Å². The molecule has 0 amide bonds. The zero-order valence-corrected chi connectivity index (χ0v) is 10.2. The lowest BCUT2D eigenvalue weighted by Gasteiger charge is -2.11. The Labute approximate surface area is 95.1 Å². The molecular weight excluding hydrogens is 212 g/mol. The van der Waals surface area contributed by atoms with Gasteiger partial charge in [-0.1, -0.05) is 6.42 Å². The van der Waals surface area contributed by atoms with E-state index in [1.165, 1.54) is 7.11 Å². The van der Waals surface area contributed by atoms with E-state index in [2.05, 4.69) is 16.2 Å². The number of carbonyl (C=O) groups is 1. The van der Waals surface area contributed by atoms with Gasteiger partial charge in [0.25, 0.3) is 0 Å². The molecule has 0 aromatic carbocycles. The van der Waals surface area contributed by atoms with Gasteiger partial charge in [0.2, 0.25) is 0 Å². The first-order valence-electron chi connectivity index (χ1n) is 5.49. The number of quaternary nitrogens is 2. The number of unbranched alkanes of at least 4 members (excludes halogenated alkanes) is 1. The monoisotopic (exact) mass is 234 g/mol. The standard InChI is InChI=1S/C10H20N2O2S/c1-14-9(13)5-3-2-4-8-10(12)7(11)6-15-8/h7-8,10H,2-6,11-12H2,1H3/p+2/t7-,8+,10-/m1/s1. The lowest BCUT2D eigenvalue weighted by molar-refractivity contribution is -0.520. The fraction of sp³-hybridized carbons (Fsp3) is 0.900. The predicted octanol–water partition coefficient (Wildman–Crippen LogP) is -0.944. The average molecular weight is 234 g/mol. The summed E-state index contributed by atoms with van der Waals surface area (Å²) in [6, 6.07) is 0.980. The molecular formula is C10H22N2O2S+2. The summed E-state index contributed by atoms with van der Waals surface area (Å²) in [5, 5.41) is 0.644. The molecule has 3 atom stereocenters. The van der Waals surface area contributed by atoms with E-state index >= 15 is 0 Å². The van der Waals surface area contributed by atoms with E-state index in [0.29, 0.717) is 23.8 Å². The number of thioether (sulfide) groups is 1. The van der Waals surface area contributed by atoms with Gasteiger partial charge in [-0.3, -0.25) is 4.79 Å². The first-order valence-corrected chi connectivity index (χ1v) is 6.54. The molecule has 88 valence electrons. The Morgan fingerprint density at radius 2 is 2.20 bits per heavy atom. The predicted molar refractivity (Wildman–Crippen MR) is 60.1 cm³/mol. The molecule has 0 saturated carbocycles. The molecule has 0 radical (unpaired) electrons. The molecule has 0 aliphatic carbocycles. The third-order valence-corrected chi connectivity index (χ3v) is 4.59. The van der Waals surface area contributed by atoms with Crippen molar-refractivity contribution in [3.63, 3.8) is 0 Å². The van der Waals surface area contributed by atoms with E-state index in [1.54, 1.807) is 0 Å². The minimum atomic E-state index is -0.102. The Balaban J connectivity index is 2.08. The summed E-state index contributed by atoms with van der Waals surface area (Å²) in [6.07, 6.45) is 3.72. The molecule has 0 bridgehead atoms. The quantitative estimate of drug-likeness (QED) is 0.476. The maximum atomic E-state index is 10.9. The maximum Gasteiger partial charge on any atom is 0.305 e. The zero-order valence-electron chi connectivity index (χ0n) is 9.41. The van der Waals surface area contributed by atoms with Gasteiger partial charge >= 0.3 is 5.97 Å². The zero-order chi connectivity index (χ0) is 11.3. The summed E-state index contributed by atoms with van der Waals surface area (Å²) >= 11 is 1.98. The van der Waals surface area contributed by atoms with Crippen LogP contribution < -0.4 is 11.5 Å². The molecule has 1 aliphatic heterocycles. The molecule has 0 aromatic rings. The molecule has 15 heavy (non-hydrogen) atoms. The summed E-state index contributed by atoms with van der Waals surface area (Å²) in [5.74, 6) is 1.03. The van der Waals surface area contributed by atoms with Crippen LogP contribution in [-0.2, 0) is 9.53 Å². The summed E-state index contributed by atoms with van der Waals surface area (Å²) in [7, 11) is 1.44. The molecule has 0 spiro atoms. The number of rotatable bonds is 5. The van der Waals surface area contributed by atoms with Crippen molar-refractivity contribution in [1.29, 1.82) is 0 Å². The van der Waals surface area contributed by atoms with E-state index < -0.39 is 0 Å². The van der Waals surface area contributed by atoms with Crippen LogP contribution in [0.2, 0.25) is 0 Å². The van der Waals surface area contributed by atoms with Gasteiger partial charge in [-0.2, -0.15) is 0 Å². The van der Waals surface area contributed by atoms with Crippen molar-refractivity contribution in [3.05, 3.63) is 0 Å². The van der Waals surface area contributed by atoms with Crippen LogP contribution in [0.1, 0.15) is 25.7 Å². The van der Waals surface area contributed by atoms with E-state index in [4.69, 9.17) is 0 Å². The van der Waals surface area contributed by atoms with Crippen LogP contribution in [0.15, 0.2) is 0 Å². The van der Waals surface area contributed by atoms with Crippen LogP contribution in [0.5, 0.6) is 0 Å². The van der Waals surface area contributed by atoms with Crippen molar-refractivity contribution >= 4 is 17.7 Å². The van der Waals surface area contributed by atoms with Crippen molar-refractivity contribution in [1.82, 2.24) is 0 Å². The van der Waals surface area contributed by atoms with Crippen LogP contribution in [0.25, 0.3) is 0 Å². The van der Waals surface area contributed by atoms with Gasteiger partial charge in [0.05, 0.1) is 18.1 Å². The van der Waals surface area contributed by atoms with Crippen LogP contribution in [0.4, 0.5) is 0 Å². The number of carbonyl (C=O) groups excluding carboxylic acids is 1. The van der Waals surface area contributed by atoms with Crippen molar-refractivity contribution in [2.45, 2.75) is 43.0 Å². The molecule has 0 aromatic heterocycles. The Kier molecular flexibility index (Phi) is 5.42. The Morgan fingerprint density at radius 1 is 1.47 bits per heavy atom. The minimum absolute atomic E-state index is 0.102. The van der Waals surface area contributed by atoms with Crippen molar-refractivity contribution in [2.75, 3.05) is 12.9 Å². The van der Waals surface area contributed by atoms with Gasteiger partial charge < -0.3 is 16.2 Å². The highest BCUT2D eigenvalue weighted by atomic mass is 32.2. The molecule has 1 saturated heterocycles. The van der Waals surface area contributed by atoms with Gasteiger partial charge in [0.1, 0.15) is 12.1 Å². The first-order chi connectivity index (χ1) is 7.15. The number of methoxy groups -OCH3 is 1. The van der Waals surface area contributed by atoms with Gasteiger partial charge in [0, 0.05) is 6.42 Å². The summed E-state index contributed by atoms with van der Waals surface area (Å²) in [4.78, 5) is 10.9. The Hall–Kier alpha value is -0.260. The third kappa shape index (κ3) is 4.01. The van der Waals surface area contributed by atoms with Crippen LogP contribution in [0, 0.1) is 0 Å². The lowest BCUT2D eigenvalue weighted by Crippen LogP contribution is -2.80. The minimum Gasteiger partial charge on any atom is -0.469 e. The van der Waals surface area contributed by atoms with Crippen LogP contribution in [-0.4, -0.2) is 36.2 Å². The number of hydrogen-bond donors (Lipinski definition) is 2. The summed E-state index contributed by atoms with van der Waals surface area (Å²) in [5.41, 5.74) is 8.24. The van der Waals surface area contributed by atoms with Gasteiger partial charge in [-0.05, 0) is 12.8 Å². The smallest absolute Gasteiger partial charge is 0.305 e. The van der Waals surface area contributed by atoms with Gasteiger partial charge in [-0.25, -0.2) is 0 Å². The number of hydrogen-bond acceptors (Lipinski definition) is 3. The van der Waals surface area contributed by atoms with Gasteiger partial charge in [0.15, 0.2) is 0 Å². The molecule has 6 N–H and O–H groups in total. The fourth-order valence-corrected chi connectivity index (χ4v) is 3.36. The molecule has 1 heterocycles. The largest absolute Gasteiger partial charge is 0.469 e. The second-order valence-electron chi connectivity index (χ2n) is 4.12. The average Bonchev–Trinajstić information content (AvgIpc) is 2.55. The second-order valence-corrected chi connectivity index (χ2v) is 5.39.